The highest BCUT2D eigenvalue weighted by Gasteiger charge is 2.22. The molecule has 1 N–H and O–H groups in total. The predicted molar refractivity (Wildman–Crippen MR) is 62.0 cm³/mol. The SMILES string of the molecule is CCOc1cc2c(cc1C(C)O)OC(C)C2. The van der Waals surface area contributed by atoms with Crippen LogP contribution in [0.3, 0.4) is 0 Å². The number of benzene rings is 1. The molecule has 1 heterocycles. The Morgan fingerprint density at radius 3 is 2.94 bits per heavy atom. The Kier molecular flexibility index (Phi) is 3.06. The molecule has 0 fully saturated rings. The number of rotatable bonds is 3. The van der Waals surface area contributed by atoms with Crippen LogP contribution >= 0.6 is 0 Å². The average molecular weight is 222 g/mol. The molecule has 3 heteroatoms. The maximum atomic E-state index is 9.69. The van der Waals surface area contributed by atoms with Crippen molar-refractivity contribution < 1.29 is 14.6 Å². The van der Waals surface area contributed by atoms with Gasteiger partial charge in [0.15, 0.2) is 0 Å². The molecule has 2 atom stereocenters. The van der Waals surface area contributed by atoms with E-state index < -0.39 is 6.10 Å². The van der Waals surface area contributed by atoms with Crippen molar-refractivity contribution in [1.29, 1.82) is 0 Å². The van der Waals surface area contributed by atoms with Gasteiger partial charge < -0.3 is 14.6 Å². The first-order chi connectivity index (χ1) is 7.61. The Morgan fingerprint density at radius 1 is 1.56 bits per heavy atom. The average Bonchev–Trinajstić information content (AvgIpc) is 2.56. The van der Waals surface area contributed by atoms with Crippen LogP contribution in [0.15, 0.2) is 12.1 Å². The molecule has 0 aromatic heterocycles. The largest absolute Gasteiger partial charge is 0.493 e. The van der Waals surface area contributed by atoms with Crippen LogP contribution in [-0.4, -0.2) is 17.8 Å². The van der Waals surface area contributed by atoms with Gasteiger partial charge >= 0.3 is 0 Å². The van der Waals surface area contributed by atoms with Crippen LogP contribution in [0.4, 0.5) is 0 Å². The number of ether oxygens (including phenoxy) is 2. The molecular formula is C13H18O3. The van der Waals surface area contributed by atoms with Gasteiger partial charge in [-0.25, -0.2) is 0 Å². The quantitative estimate of drug-likeness (QED) is 0.853. The molecule has 0 saturated carbocycles. The molecule has 88 valence electrons. The normalized spacial score (nSPS) is 20.1. The Hall–Kier alpha value is -1.22. The minimum Gasteiger partial charge on any atom is -0.493 e. The van der Waals surface area contributed by atoms with Crippen molar-refractivity contribution in [3.63, 3.8) is 0 Å². The summed E-state index contributed by atoms with van der Waals surface area (Å²) >= 11 is 0. The van der Waals surface area contributed by atoms with E-state index in [1.165, 1.54) is 5.56 Å². The third-order valence-corrected chi connectivity index (χ3v) is 2.78. The van der Waals surface area contributed by atoms with Crippen molar-refractivity contribution in [2.24, 2.45) is 0 Å². The molecule has 0 spiro atoms. The van der Waals surface area contributed by atoms with E-state index in [1.807, 2.05) is 26.0 Å². The zero-order chi connectivity index (χ0) is 11.7. The highest BCUT2D eigenvalue weighted by Crippen LogP contribution is 2.37. The molecule has 0 bridgehead atoms. The van der Waals surface area contributed by atoms with E-state index in [1.54, 1.807) is 6.92 Å². The van der Waals surface area contributed by atoms with Crippen molar-refractivity contribution in [3.8, 4) is 11.5 Å². The third kappa shape index (κ3) is 2.00. The van der Waals surface area contributed by atoms with Gasteiger partial charge in [0.25, 0.3) is 0 Å². The highest BCUT2D eigenvalue weighted by molar-refractivity contribution is 5.49. The fraction of sp³-hybridized carbons (Fsp3) is 0.538. The van der Waals surface area contributed by atoms with Gasteiger partial charge in [-0.1, -0.05) is 0 Å². The summed E-state index contributed by atoms with van der Waals surface area (Å²) in [4.78, 5) is 0. The van der Waals surface area contributed by atoms with Gasteiger partial charge in [0.2, 0.25) is 0 Å². The lowest BCUT2D eigenvalue weighted by molar-refractivity contribution is 0.191. The molecule has 0 aliphatic carbocycles. The van der Waals surface area contributed by atoms with Crippen LogP contribution in [0.25, 0.3) is 0 Å². The Balaban J connectivity index is 2.41. The van der Waals surface area contributed by atoms with E-state index in [-0.39, 0.29) is 6.10 Å². The van der Waals surface area contributed by atoms with E-state index in [4.69, 9.17) is 9.47 Å². The van der Waals surface area contributed by atoms with Crippen LogP contribution < -0.4 is 9.47 Å². The zero-order valence-corrected chi connectivity index (χ0v) is 9.99. The standard InChI is InChI=1S/C13H18O3/c1-4-15-13-6-10-5-8(2)16-12(10)7-11(13)9(3)14/h6-9,14H,4-5H2,1-3H3. The van der Waals surface area contributed by atoms with Crippen molar-refractivity contribution in [1.82, 2.24) is 0 Å². The number of aliphatic hydroxyl groups excluding tert-OH is 1. The van der Waals surface area contributed by atoms with Gasteiger partial charge in [-0.15, -0.1) is 0 Å². The summed E-state index contributed by atoms with van der Waals surface area (Å²) in [6.45, 7) is 6.33. The third-order valence-electron chi connectivity index (χ3n) is 2.78. The van der Waals surface area contributed by atoms with Gasteiger partial charge in [-0.3, -0.25) is 0 Å². The summed E-state index contributed by atoms with van der Waals surface area (Å²) in [5.74, 6) is 1.65. The van der Waals surface area contributed by atoms with Crippen molar-refractivity contribution in [2.45, 2.75) is 39.4 Å². The van der Waals surface area contributed by atoms with Crippen LogP contribution in [0.5, 0.6) is 11.5 Å². The van der Waals surface area contributed by atoms with Crippen LogP contribution in [-0.2, 0) is 6.42 Å². The van der Waals surface area contributed by atoms with Gasteiger partial charge in [-0.2, -0.15) is 0 Å². The van der Waals surface area contributed by atoms with Crippen LogP contribution in [0.2, 0.25) is 0 Å². The fourth-order valence-electron chi connectivity index (χ4n) is 2.06. The summed E-state index contributed by atoms with van der Waals surface area (Å²) in [6, 6.07) is 3.89. The first-order valence-corrected chi connectivity index (χ1v) is 5.76. The zero-order valence-electron chi connectivity index (χ0n) is 9.99. The van der Waals surface area contributed by atoms with E-state index in [2.05, 4.69) is 0 Å². The first kappa shape index (κ1) is 11.3. The Morgan fingerprint density at radius 2 is 2.31 bits per heavy atom. The van der Waals surface area contributed by atoms with Crippen LogP contribution in [0.1, 0.15) is 38.0 Å². The minimum atomic E-state index is -0.536. The summed E-state index contributed by atoms with van der Waals surface area (Å²) < 4.78 is 11.2. The Bertz CT molecular complexity index is 385. The van der Waals surface area contributed by atoms with Gasteiger partial charge in [0, 0.05) is 17.5 Å². The second-order valence-electron chi connectivity index (χ2n) is 4.24. The summed E-state index contributed by atoms with van der Waals surface area (Å²) in [6.07, 6.45) is 0.593. The molecule has 0 amide bonds. The first-order valence-electron chi connectivity index (χ1n) is 5.76. The maximum absolute atomic E-state index is 9.69. The van der Waals surface area contributed by atoms with Gasteiger partial charge in [-0.05, 0) is 32.9 Å². The van der Waals surface area contributed by atoms with Crippen molar-refractivity contribution in [2.75, 3.05) is 6.61 Å². The van der Waals surface area contributed by atoms with E-state index >= 15 is 0 Å². The number of fused-ring (bicyclic) bond motifs is 1. The molecule has 1 aliphatic rings. The Labute approximate surface area is 96.0 Å². The van der Waals surface area contributed by atoms with Gasteiger partial charge in [0.1, 0.15) is 17.6 Å². The van der Waals surface area contributed by atoms with E-state index in [0.717, 1.165) is 23.5 Å². The molecule has 2 rings (SSSR count). The maximum Gasteiger partial charge on any atom is 0.125 e. The van der Waals surface area contributed by atoms with Gasteiger partial charge in [0.05, 0.1) is 12.7 Å². The molecule has 1 aliphatic heterocycles. The fourth-order valence-corrected chi connectivity index (χ4v) is 2.06. The van der Waals surface area contributed by atoms with Crippen molar-refractivity contribution in [3.05, 3.63) is 23.3 Å². The topological polar surface area (TPSA) is 38.7 Å². The highest BCUT2D eigenvalue weighted by atomic mass is 16.5. The summed E-state index contributed by atoms with van der Waals surface area (Å²) in [7, 11) is 0. The molecule has 16 heavy (non-hydrogen) atoms. The molecular weight excluding hydrogens is 204 g/mol. The molecule has 0 saturated heterocycles. The number of aliphatic hydroxyl groups is 1. The predicted octanol–water partition coefficient (Wildman–Crippen LogP) is 2.46. The molecule has 3 nitrogen and oxygen atoms in total. The minimum absolute atomic E-state index is 0.216. The smallest absolute Gasteiger partial charge is 0.125 e. The molecule has 2 unspecified atom stereocenters. The summed E-state index contributed by atoms with van der Waals surface area (Å²) in [5.41, 5.74) is 1.97. The number of hydrogen-bond acceptors (Lipinski definition) is 3. The molecule has 0 radical (unpaired) electrons. The lowest BCUT2D eigenvalue weighted by Gasteiger charge is -2.14. The van der Waals surface area contributed by atoms with Crippen LogP contribution in [0, 0.1) is 0 Å². The van der Waals surface area contributed by atoms with E-state index in [9.17, 15) is 5.11 Å². The van der Waals surface area contributed by atoms with E-state index in [0.29, 0.717) is 6.61 Å². The van der Waals surface area contributed by atoms with Crippen molar-refractivity contribution >= 4 is 0 Å². The second-order valence-corrected chi connectivity index (χ2v) is 4.24. The monoisotopic (exact) mass is 222 g/mol. The number of hydrogen-bond donors (Lipinski definition) is 1. The lowest BCUT2D eigenvalue weighted by atomic mass is 10.0. The lowest BCUT2D eigenvalue weighted by Crippen LogP contribution is -2.05. The molecule has 1 aromatic carbocycles. The molecule has 1 aromatic rings. The summed E-state index contributed by atoms with van der Waals surface area (Å²) in [5, 5.41) is 9.69. The second kappa shape index (κ2) is 4.34.